The Labute approximate surface area is 187 Å². The van der Waals surface area contributed by atoms with Crippen LogP contribution in [0.4, 0.5) is 0 Å². The number of hydrogen-bond donors (Lipinski definition) is 1. The Hall–Kier alpha value is -3.86. The molecular formula is C24H26N4O4. The summed E-state index contributed by atoms with van der Waals surface area (Å²) in [5.74, 6) is -0.550. The normalized spacial score (nSPS) is 14.1. The Bertz CT molecular complexity index is 995. The number of carbonyl (C=O) groups excluding carboxylic acids is 2. The van der Waals surface area contributed by atoms with E-state index in [0.29, 0.717) is 29.2 Å². The molecule has 0 aliphatic carbocycles. The second kappa shape index (κ2) is 11.5. The average Bonchev–Trinajstić information content (AvgIpc) is 3.35. The fourth-order valence-corrected chi connectivity index (χ4v) is 3.35. The van der Waals surface area contributed by atoms with Gasteiger partial charge in [0.05, 0.1) is 18.9 Å². The first-order valence-corrected chi connectivity index (χ1v) is 10.6. The highest BCUT2D eigenvalue weighted by Crippen LogP contribution is 2.28. The fourth-order valence-electron chi connectivity index (χ4n) is 3.35. The minimum absolute atomic E-state index is 0.0382. The summed E-state index contributed by atoms with van der Waals surface area (Å²) in [6.07, 6.45) is 3.51. The smallest absolute Gasteiger partial charge is 0.261 e. The largest absolute Gasteiger partial charge is 0.490 e. The van der Waals surface area contributed by atoms with Crippen LogP contribution < -0.4 is 14.9 Å². The molecule has 0 aromatic heterocycles. The Morgan fingerprint density at radius 1 is 1.16 bits per heavy atom. The van der Waals surface area contributed by atoms with Gasteiger partial charge in [0.15, 0.2) is 24.0 Å². The van der Waals surface area contributed by atoms with Crippen molar-refractivity contribution in [3.8, 4) is 17.6 Å². The molecule has 1 atom stereocenters. The molecule has 2 aromatic carbocycles. The molecule has 1 saturated heterocycles. The third-order valence-corrected chi connectivity index (χ3v) is 4.99. The van der Waals surface area contributed by atoms with Crippen LogP contribution in [0.5, 0.6) is 11.5 Å². The third-order valence-electron chi connectivity index (χ3n) is 4.99. The summed E-state index contributed by atoms with van der Waals surface area (Å²) in [7, 11) is 0. The molecule has 1 fully saturated rings. The van der Waals surface area contributed by atoms with E-state index < -0.39 is 11.8 Å². The van der Waals surface area contributed by atoms with E-state index in [1.807, 2.05) is 19.1 Å². The summed E-state index contributed by atoms with van der Waals surface area (Å²) < 4.78 is 11.3. The predicted molar refractivity (Wildman–Crippen MR) is 119 cm³/mol. The Morgan fingerprint density at radius 3 is 2.59 bits per heavy atom. The van der Waals surface area contributed by atoms with Crippen molar-refractivity contribution in [2.75, 3.05) is 26.3 Å². The van der Waals surface area contributed by atoms with Crippen LogP contribution in [-0.4, -0.2) is 49.2 Å². The van der Waals surface area contributed by atoms with E-state index in [2.05, 4.69) is 10.5 Å². The molecule has 0 bridgehead atoms. The van der Waals surface area contributed by atoms with E-state index in [1.54, 1.807) is 47.4 Å². The van der Waals surface area contributed by atoms with Crippen molar-refractivity contribution in [1.29, 1.82) is 5.26 Å². The molecule has 0 radical (unpaired) electrons. The first-order valence-electron chi connectivity index (χ1n) is 10.6. The van der Waals surface area contributed by atoms with Gasteiger partial charge in [-0.2, -0.15) is 10.4 Å². The number of nitrogens with one attached hydrogen (secondary N) is 1. The number of carbonyl (C=O) groups is 2. The van der Waals surface area contributed by atoms with E-state index in [9.17, 15) is 14.9 Å². The summed E-state index contributed by atoms with van der Waals surface area (Å²) in [4.78, 5) is 26.3. The Balaban J connectivity index is 1.61. The summed E-state index contributed by atoms with van der Waals surface area (Å²) in [6, 6.07) is 16.0. The van der Waals surface area contributed by atoms with E-state index in [-0.39, 0.29) is 12.5 Å². The van der Waals surface area contributed by atoms with Gasteiger partial charge in [-0.25, -0.2) is 5.43 Å². The summed E-state index contributed by atoms with van der Waals surface area (Å²) in [5, 5.41) is 13.3. The third kappa shape index (κ3) is 6.08. The lowest BCUT2D eigenvalue weighted by Crippen LogP contribution is -2.32. The standard InChI is InChI=1S/C24H26N4O4/c1-2-31-22-14-18(10-11-21(22)32-17-23(29)28-12-6-7-13-28)16-26-27-24(30)20(15-25)19-8-4-3-5-9-19/h3-5,8-11,14,16,20H,2,6-7,12-13,17H2,1H3,(H,27,30)/b26-16-/t20-/m0/s1. The SMILES string of the molecule is CCOc1cc(/C=N\NC(=O)[C@@H](C#N)c2ccccc2)ccc1OCC(=O)N1CCCC1. The topological polar surface area (TPSA) is 104 Å². The highest BCUT2D eigenvalue weighted by molar-refractivity contribution is 5.88. The maximum Gasteiger partial charge on any atom is 0.261 e. The maximum absolute atomic E-state index is 12.3. The molecular weight excluding hydrogens is 408 g/mol. The van der Waals surface area contributed by atoms with Crippen molar-refractivity contribution in [3.63, 3.8) is 0 Å². The van der Waals surface area contributed by atoms with Crippen LogP contribution in [0.15, 0.2) is 53.6 Å². The van der Waals surface area contributed by atoms with Crippen LogP contribution in [0.2, 0.25) is 0 Å². The van der Waals surface area contributed by atoms with E-state index >= 15 is 0 Å². The number of hydrogen-bond acceptors (Lipinski definition) is 6. The molecule has 1 aliphatic heterocycles. The number of amides is 2. The number of likely N-dealkylation sites (tertiary alicyclic amines) is 1. The van der Waals surface area contributed by atoms with Gasteiger partial charge in [0.25, 0.3) is 11.8 Å². The van der Waals surface area contributed by atoms with Crippen molar-refractivity contribution in [2.45, 2.75) is 25.7 Å². The molecule has 8 nitrogen and oxygen atoms in total. The molecule has 0 saturated carbocycles. The van der Waals surface area contributed by atoms with Crippen LogP contribution in [0.25, 0.3) is 0 Å². The van der Waals surface area contributed by atoms with Gasteiger partial charge < -0.3 is 14.4 Å². The Kier molecular flexibility index (Phi) is 8.21. The zero-order valence-electron chi connectivity index (χ0n) is 18.0. The average molecular weight is 434 g/mol. The van der Waals surface area contributed by atoms with Crippen LogP contribution >= 0.6 is 0 Å². The van der Waals surface area contributed by atoms with Gasteiger partial charge in [-0.1, -0.05) is 30.3 Å². The van der Waals surface area contributed by atoms with E-state index in [0.717, 1.165) is 25.9 Å². The maximum atomic E-state index is 12.3. The second-order valence-electron chi connectivity index (χ2n) is 7.22. The second-order valence-corrected chi connectivity index (χ2v) is 7.22. The lowest BCUT2D eigenvalue weighted by Gasteiger charge is -2.17. The van der Waals surface area contributed by atoms with Crippen LogP contribution in [0.3, 0.4) is 0 Å². The molecule has 1 heterocycles. The lowest BCUT2D eigenvalue weighted by molar-refractivity contribution is -0.132. The van der Waals surface area contributed by atoms with Crippen molar-refractivity contribution in [2.24, 2.45) is 5.10 Å². The number of ether oxygens (including phenoxy) is 2. The van der Waals surface area contributed by atoms with Gasteiger partial charge in [-0.05, 0) is 49.1 Å². The quantitative estimate of drug-likeness (QED) is 0.483. The number of nitrogens with zero attached hydrogens (tertiary/aromatic N) is 3. The number of hydrazone groups is 1. The van der Waals surface area contributed by atoms with E-state index in [1.165, 1.54) is 6.21 Å². The molecule has 32 heavy (non-hydrogen) atoms. The monoisotopic (exact) mass is 434 g/mol. The van der Waals surface area contributed by atoms with Crippen LogP contribution in [-0.2, 0) is 9.59 Å². The minimum Gasteiger partial charge on any atom is -0.490 e. The highest BCUT2D eigenvalue weighted by atomic mass is 16.5. The number of benzene rings is 2. The summed E-state index contributed by atoms with van der Waals surface area (Å²) >= 11 is 0. The van der Waals surface area contributed by atoms with Gasteiger partial charge in [0.1, 0.15) is 0 Å². The Morgan fingerprint density at radius 2 is 1.91 bits per heavy atom. The molecule has 1 N–H and O–H groups in total. The lowest BCUT2D eigenvalue weighted by atomic mass is 10.0. The highest BCUT2D eigenvalue weighted by Gasteiger charge is 2.20. The zero-order chi connectivity index (χ0) is 22.8. The molecule has 1 aliphatic rings. The molecule has 2 amide bonds. The van der Waals surface area contributed by atoms with Gasteiger partial charge in [-0.3, -0.25) is 9.59 Å². The van der Waals surface area contributed by atoms with Gasteiger partial charge >= 0.3 is 0 Å². The van der Waals surface area contributed by atoms with Crippen molar-refractivity contribution in [3.05, 3.63) is 59.7 Å². The number of rotatable bonds is 9. The predicted octanol–water partition coefficient (Wildman–Crippen LogP) is 2.84. The fraction of sp³-hybridized carbons (Fsp3) is 0.333. The van der Waals surface area contributed by atoms with Crippen LogP contribution in [0.1, 0.15) is 36.8 Å². The molecule has 0 spiro atoms. The summed E-state index contributed by atoms with van der Waals surface area (Å²) in [6.45, 7) is 3.79. The van der Waals surface area contributed by atoms with Crippen molar-refractivity contribution < 1.29 is 19.1 Å². The van der Waals surface area contributed by atoms with Crippen molar-refractivity contribution >= 4 is 18.0 Å². The van der Waals surface area contributed by atoms with Gasteiger partial charge in [0, 0.05) is 13.1 Å². The summed E-state index contributed by atoms with van der Waals surface area (Å²) in [5.41, 5.74) is 3.67. The molecule has 2 aromatic rings. The van der Waals surface area contributed by atoms with Crippen LogP contribution in [0, 0.1) is 11.3 Å². The molecule has 0 unspecified atom stereocenters. The first kappa shape index (κ1) is 22.8. The molecule has 166 valence electrons. The molecule has 8 heteroatoms. The van der Waals surface area contributed by atoms with E-state index in [4.69, 9.17) is 9.47 Å². The molecule has 3 rings (SSSR count). The van der Waals surface area contributed by atoms with Gasteiger partial charge in [-0.15, -0.1) is 0 Å². The zero-order valence-corrected chi connectivity index (χ0v) is 18.0. The van der Waals surface area contributed by atoms with Gasteiger partial charge in [0.2, 0.25) is 0 Å². The first-order chi connectivity index (χ1) is 15.6. The van der Waals surface area contributed by atoms with Crippen molar-refractivity contribution in [1.82, 2.24) is 10.3 Å². The minimum atomic E-state index is -0.948. The number of nitriles is 1.